The Bertz CT molecular complexity index is 679. The summed E-state index contributed by atoms with van der Waals surface area (Å²) in [5, 5.41) is 6.84. The highest BCUT2D eigenvalue weighted by atomic mass is 19.4. The van der Waals surface area contributed by atoms with E-state index in [2.05, 4.69) is 10.4 Å². The third-order valence-electron chi connectivity index (χ3n) is 3.57. The lowest BCUT2D eigenvalue weighted by molar-refractivity contribution is -0.137. The van der Waals surface area contributed by atoms with Crippen molar-refractivity contribution < 1.29 is 18.0 Å². The molecule has 1 N–H and O–H groups in total. The van der Waals surface area contributed by atoms with Crippen molar-refractivity contribution in [3.63, 3.8) is 0 Å². The van der Waals surface area contributed by atoms with Crippen LogP contribution >= 0.6 is 0 Å². The number of hydrogen-bond acceptors (Lipinski definition) is 2. The molecule has 0 fully saturated rings. The molecule has 7 heteroatoms. The van der Waals surface area contributed by atoms with E-state index in [1.807, 2.05) is 13.8 Å². The molecule has 124 valence electrons. The number of nitrogens with zero attached hydrogens (tertiary/aromatic N) is 2. The fourth-order valence-corrected chi connectivity index (χ4v) is 2.17. The van der Waals surface area contributed by atoms with Crippen LogP contribution in [0.5, 0.6) is 0 Å². The lowest BCUT2D eigenvalue weighted by atomic mass is 10.1. The molecule has 1 amide bonds. The molecule has 0 aliphatic heterocycles. The molecule has 1 aromatic heterocycles. The van der Waals surface area contributed by atoms with Gasteiger partial charge in [0.2, 0.25) is 5.91 Å². The van der Waals surface area contributed by atoms with E-state index in [0.29, 0.717) is 11.4 Å². The van der Waals surface area contributed by atoms with Gasteiger partial charge >= 0.3 is 6.18 Å². The summed E-state index contributed by atoms with van der Waals surface area (Å²) in [4.78, 5) is 12.1. The Hall–Kier alpha value is -2.31. The minimum absolute atomic E-state index is 0.119. The van der Waals surface area contributed by atoms with E-state index in [-0.39, 0.29) is 18.4 Å². The van der Waals surface area contributed by atoms with Crippen LogP contribution in [0.1, 0.15) is 37.4 Å². The smallest absolute Gasteiger partial charge is 0.311 e. The van der Waals surface area contributed by atoms with Crippen LogP contribution in [0.25, 0.3) is 0 Å². The number of aromatic nitrogens is 2. The van der Waals surface area contributed by atoms with Crippen molar-refractivity contribution in [2.45, 2.75) is 38.9 Å². The monoisotopic (exact) mass is 325 g/mol. The third kappa shape index (κ3) is 4.34. The zero-order valence-electron chi connectivity index (χ0n) is 12.9. The summed E-state index contributed by atoms with van der Waals surface area (Å²) < 4.78 is 39.7. The second-order valence-electron chi connectivity index (χ2n) is 5.34. The second kappa shape index (κ2) is 6.85. The molecule has 1 aromatic carbocycles. The van der Waals surface area contributed by atoms with Crippen LogP contribution in [-0.2, 0) is 17.4 Å². The highest BCUT2D eigenvalue weighted by molar-refractivity contribution is 5.91. The maximum absolute atomic E-state index is 12.7. The Morgan fingerprint density at radius 3 is 2.74 bits per heavy atom. The van der Waals surface area contributed by atoms with E-state index in [0.717, 1.165) is 18.6 Å². The van der Waals surface area contributed by atoms with E-state index in [1.165, 1.54) is 12.1 Å². The quantitative estimate of drug-likeness (QED) is 0.901. The number of halogens is 3. The molecule has 0 saturated heterocycles. The zero-order chi connectivity index (χ0) is 17.0. The van der Waals surface area contributed by atoms with Gasteiger partial charge in [0.25, 0.3) is 0 Å². The number of benzene rings is 1. The molecule has 2 aromatic rings. The van der Waals surface area contributed by atoms with Crippen LogP contribution in [0, 0.1) is 0 Å². The lowest BCUT2D eigenvalue weighted by Gasteiger charge is -2.14. The Morgan fingerprint density at radius 2 is 2.09 bits per heavy atom. The van der Waals surface area contributed by atoms with Crippen molar-refractivity contribution >= 4 is 11.7 Å². The van der Waals surface area contributed by atoms with Crippen molar-refractivity contribution in [3.8, 4) is 0 Å². The first kappa shape index (κ1) is 17.1. The molecule has 23 heavy (non-hydrogen) atoms. The van der Waals surface area contributed by atoms with Gasteiger partial charge in [0.15, 0.2) is 0 Å². The minimum atomic E-state index is -4.42. The Balaban J connectivity index is 2.07. The van der Waals surface area contributed by atoms with E-state index >= 15 is 0 Å². The molecule has 0 saturated carbocycles. The van der Waals surface area contributed by atoms with Crippen LogP contribution in [0.15, 0.2) is 36.5 Å². The maximum Gasteiger partial charge on any atom is 0.416 e. The van der Waals surface area contributed by atoms with Gasteiger partial charge in [-0.3, -0.25) is 4.79 Å². The topological polar surface area (TPSA) is 46.9 Å². The molecular formula is C16H18F3N3O. The largest absolute Gasteiger partial charge is 0.416 e. The number of amides is 1. The van der Waals surface area contributed by atoms with Crippen molar-refractivity contribution in [2.75, 3.05) is 5.32 Å². The molecule has 0 aliphatic carbocycles. The van der Waals surface area contributed by atoms with Crippen molar-refractivity contribution in [1.29, 1.82) is 0 Å². The normalized spacial score (nSPS) is 12.9. The number of rotatable bonds is 5. The molecule has 0 bridgehead atoms. The van der Waals surface area contributed by atoms with Crippen LogP contribution in [0.3, 0.4) is 0 Å². The van der Waals surface area contributed by atoms with E-state index < -0.39 is 11.7 Å². The Labute approximate surface area is 132 Å². The van der Waals surface area contributed by atoms with Gasteiger partial charge in [-0.2, -0.15) is 18.3 Å². The van der Waals surface area contributed by atoms with Crippen LogP contribution < -0.4 is 5.32 Å². The van der Waals surface area contributed by atoms with Gasteiger partial charge in [-0.25, -0.2) is 4.68 Å². The van der Waals surface area contributed by atoms with Crippen LogP contribution in [-0.4, -0.2) is 15.7 Å². The van der Waals surface area contributed by atoms with Gasteiger partial charge in [0, 0.05) is 6.07 Å². The van der Waals surface area contributed by atoms with E-state index in [9.17, 15) is 18.0 Å². The molecule has 4 nitrogen and oxygen atoms in total. The minimum Gasteiger partial charge on any atom is -0.311 e. The highest BCUT2D eigenvalue weighted by Gasteiger charge is 2.30. The second-order valence-corrected chi connectivity index (χ2v) is 5.34. The lowest BCUT2D eigenvalue weighted by Crippen LogP contribution is -2.19. The molecule has 1 unspecified atom stereocenters. The molecular weight excluding hydrogens is 307 g/mol. The van der Waals surface area contributed by atoms with Crippen molar-refractivity contribution in [3.05, 3.63) is 47.7 Å². The predicted molar refractivity (Wildman–Crippen MR) is 81.0 cm³/mol. The Morgan fingerprint density at radius 1 is 1.35 bits per heavy atom. The molecule has 1 atom stereocenters. The first-order valence-corrected chi connectivity index (χ1v) is 7.30. The number of hydrogen-bond donors (Lipinski definition) is 1. The molecule has 0 aliphatic rings. The summed E-state index contributed by atoms with van der Waals surface area (Å²) in [6.07, 6.45) is -2.12. The fourth-order valence-electron chi connectivity index (χ4n) is 2.17. The van der Waals surface area contributed by atoms with Gasteiger partial charge in [-0.1, -0.05) is 25.1 Å². The average Bonchev–Trinajstić information content (AvgIpc) is 2.93. The third-order valence-corrected chi connectivity index (χ3v) is 3.57. The van der Waals surface area contributed by atoms with Gasteiger partial charge in [0.1, 0.15) is 5.82 Å². The first-order chi connectivity index (χ1) is 10.8. The summed E-state index contributed by atoms with van der Waals surface area (Å²) in [6, 6.07) is 6.56. The highest BCUT2D eigenvalue weighted by Crippen LogP contribution is 2.29. The van der Waals surface area contributed by atoms with Crippen LogP contribution in [0.4, 0.5) is 19.0 Å². The zero-order valence-corrected chi connectivity index (χ0v) is 12.9. The fraction of sp³-hybridized carbons (Fsp3) is 0.375. The number of alkyl halides is 3. The van der Waals surface area contributed by atoms with Gasteiger partial charge in [-0.15, -0.1) is 0 Å². The predicted octanol–water partition coefficient (Wildman–Crippen LogP) is 4.05. The molecule has 0 spiro atoms. The van der Waals surface area contributed by atoms with Crippen molar-refractivity contribution in [1.82, 2.24) is 9.78 Å². The standard InChI is InChI=1S/C16H18F3N3O/c1-3-11(2)22-14(7-8-20-22)21-15(23)10-12-5-4-6-13(9-12)16(17,18)19/h4-9,11H,3,10H2,1-2H3,(H,21,23). The van der Waals surface area contributed by atoms with Gasteiger partial charge in [0.05, 0.1) is 24.2 Å². The van der Waals surface area contributed by atoms with Crippen LogP contribution in [0.2, 0.25) is 0 Å². The number of carbonyl (C=O) groups excluding carboxylic acids is 1. The number of carbonyl (C=O) groups is 1. The molecule has 2 rings (SSSR count). The summed E-state index contributed by atoms with van der Waals surface area (Å²) >= 11 is 0. The van der Waals surface area contributed by atoms with Gasteiger partial charge < -0.3 is 5.32 Å². The van der Waals surface area contributed by atoms with Gasteiger partial charge in [-0.05, 0) is 25.0 Å². The van der Waals surface area contributed by atoms with E-state index in [1.54, 1.807) is 16.9 Å². The summed E-state index contributed by atoms with van der Waals surface area (Å²) in [6.45, 7) is 3.97. The van der Waals surface area contributed by atoms with E-state index in [4.69, 9.17) is 0 Å². The average molecular weight is 325 g/mol. The number of anilines is 1. The number of nitrogens with one attached hydrogen (secondary N) is 1. The maximum atomic E-state index is 12.7. The summed E-state index contributed by atoms with van der Waals surface area (Å²) in [5.41, 5.74) is -0.445. The Kier molecular flexibility index (Phi) is 5.08. The van der Waals surface area contributed by atoms with Crippen molar-refractivity contribution in [2.24, 2.45) is 0 Å². The SMILES string of the molecule is CCC(C)n1nccc1NC(=O)Cc1cccc(C(F)(F)F)c1. The molecule has 0 radical (unpaired) electrons. The summed E-state index contributed by atoms with van der Waals surface area (Å²) in [5.74, 6) is 0.158. The summed E-state index contributed by atoms with van der Waals surface area (Å²) in [7, 11) is 0. The molecule has 1 heterocycles. The first-order valence-electron chi connectivity index (χ1n) is 7.30.